The minimum Gasteiger partial charge on any atom is -0.345 e. The van der Waals surface area contributed by atoms with E-state index in [9.17, 15) is 0 Å². The van der Waals surface area contributed by atoms with Gasteiger partial charge in [-0.15, -0.1) is 0 Å². The van der Waals surface area contributed by atoms with Crippen LogP contribution in [0.5, 0.6) is 0 Å². The number of hydrogen-bond donors (Lipinski definition) is 1. The van der Waals surface area contributed by atoms with Crippen LogP contribution in [0.2, 0.25) is 0 Å². The molecule has 68 valence electrons. The molecule has 2 heterocycles. The molecule has 0 bridgehead atoms. The average Bonchev–Trinajstić information content (AvgIpc) is 2.71. The second kappa shape index (κ2) is 3.28. The van der Waals surface area contributed by atoms with Gasteiger partial charge in [0.1, 0.15) is 6.07 Å². The molecular formula is C7H9N5S. The van der Waals surface area contributed by atoms with Crippen molar-refractivity contribution < 1.29 is 0 Å². The zero-order valence-corrected chi connectivity index (χ0v) is 7.79. The number of nitrogens with zero attached hydrogens (tertiary/aromatic N) is 4. The largest absolute Gasteiger partial charge is 0.345 e. The lowest BCUT2D eigenvalue weighted by Gasteiger charge is -2.11. The van der Waals surface area contributed by atoms with Crippen LogP contribution in [0.4, 0.5) is 5.13 Å². The predicted octanol–water partition coefficient (Wildman–Crippen LogP) is -0.0528. The van der Waals surface area contributed by atoms with Gasteiger partial charge in [-0.2, -0.15) is 14.6 Å². The predicted molar refractivity (Wildman–Crippen MR) is 49.4 cm³/mol. The van der Waals surface area contributed by atoms with Crippen molar-refractivity contribution in [2.45, 2.75) is 12.5 Å². The summed E-state index contributed by atoms with van der Waals surface area (Å²) in [5.74, 6) is 0.250. The fourth-order valence-electron chi connectivity index (χ4n) is 1.35. The van der Waals surface area contributed by atoms with Crippen LogP contribution in [0.25, 0.3) is 0 Å². The highest BCUT2D eigenvalue weighted by atomic mass is 32.1. The van der Waals surface area contributed by atoms with E-state index in [1.807, 2.05) is 6.07 Å². The van der Waals surface area contributed by atoms with E-state index in [0.29, 0.717) is 0 Å². The maximum absolute atomic E-state index is 8.53. The molecule has 1 saturated heterocycles. The first kappa shape index (κ1) is 8.41. The van der Waals surface area contributed by atoms with Crippen molar-refractivity contribution in [2.75, 3.05) is 18.0 Å². The quantitative estimate of drug-likeness (QED) is 0.679. The molecule has 1 atom stereocenters. The molecule has 6 heteroatoms. The van der Waals surface area contributed by atoms with E-state index in [0.717, 1.165) is 24.6 Å². The lowest BCUT2D eigenvalue weighted by Crippen LogP contribution is -2.26. The van der Waals surface area contributed by atoms with Crippen molar-refractivity contribution >= 4 is 16.7 Å². The van der Waals surface area contributed by atoms with Gasteiger partial charge in [0.15, 0.2) is 0 Å². The van der Waals surface area contributed by atoms with Crippen LogP contribution in [0.15, 0.2) is 0 Å². The summed E-state index contributed by atoms with van der Waals surface area (Å²) >= 11 is 1.26. The monoisotopic (exact) mass is 195 g/mol. The topological polar surface area (TPSA) is 78.8 Å². The summed E-state index contributed by atoms with van der Waals surface area (Å²) in [6, 6.07) is 2.14. The smallest absolute Gasteiger partial charge is 0.245 e. The third-order valence-corrected chi connectivity index (χ3v) is 2.79. The van der Waals surface area contributed by atoms with E-state index in [2.05, 4.69) is 14.3 Å². The second-order valence-corrected chi connectivity index (χ2v) is 3.74. The van der Waals surface area contributed by atoms with Gasteiger partial charge in [-0.25, -0.2) is 0 Å². The fraction of sp³-hybridized carbons (Fsp3) is 0.571. The third kappa shape index (κ3) is 1.61. The number of nitriles is 1. The molecule has 1 aromatic rings. The lowest BCUT2D eigenvalue weighted by atomic mass is 10.3. The molecule has 0 aliphatic carbocycles. The molecule has 1 aromatic heterocycles. The Labute approximate surface area is 80.0 Å². The Hall–Kier alpha value is -1.19. The Morgan fingerprint density at radius 2 is 2.54 bits per heavy atom. The van der Waals surface area contributed by atoms with E-state index in [1.165, 1.54) is 11.5 Å². The standard InChI is InChI=1S/C7H9N5S/c8-3-6-10-7(13-11-6)12-2-1-5(9)4-12/h5H,1-2,4,9H2. The SMILES string of the molecule is N#Cc1nsc(N2CCC(N)C2)n1. The van der Waals surface area contributed by atoms with Crippen molar-refractivity contribution in [3.8, 4) is 6.07 Å². The van der Waals surface area contributed by atoms with E-state index in [4.69, 9.17) is 11.0 Å². The Balaban J connectivity index is 2.13. The van der Waals surface area contributed by atoms with Crippen LogP contribution in [0, 0.1) is 11.3 Å². The molecule has 0 aromatic carbocycles. The van der Waals surface area contributed by atoms with Gasteiger partial charge in [0.2, 0.25) is 11.0 Å². The van der Waals surface area contributed by atoms with Gasteiger partial charge >= 0.3 is 0 Å². The molecule has 2 rings (SSSR count). The summed E-state index contributed by atoms with van der Waals surface area (Å²) in [7, 11) is 0. The highest BCUT2D eigenvalue weighted by Crippen LogP contribution is 2.21. The highest BCUT2D eigenvalue weighted by Gasteiger charge is 2.21. The van der Waals surface area contributed by atoms with Crippen molar-refractivity contribution in [1.82, 2.24) is 9.36 Å². The first-order valence-corrected chi connectivity index (χ1v) is 4.81. The molecule has 1 fully saturated rings. The van der Waals surface area contributed by atoms with Crippen LogP contribution in [0.3, 0.4) is 0 Å². The van der Waals surface area contributed by atoms with Gasteiger partial charge in [-0.05, 0) is 6.42 Å². The number of hydrogen-bond acceptors (Lipinski definition) is 6. The minimum atomic E-state index is 0.231. The van der Waals surface area contributed by atoms with E-state index in [-0.39, 0.29) is 11.9 Å². The number of nitrogens with two attached hydrogens (primary N) is 1. The first-order chi connectivity index (χ1) is 6.29. The average molecular weight is 195 g/mol. The lowest BCUT2D eigenvalue weighted by molar-refractivity contribution is 0.752. The molecule has 5 nitrogen and oxygen atoms in total. The van der Waals surface area contributed by atoms with Crippen molar-refractivity contribution in [2.24, 2.45) is 5.73 Å². The molecule has 0 radical (unpaired) electrons. The van der Waals surface area contributed by atoms with Crippen LogP contribution < -0.4 is 10.6 Å². The maximum Gasteiger partial charge on any atom is 0.245 e. The molecule has 1 unspecified atom stereocenters. The summed E-state index contributed by atoms with van der Waals surface area (Å²) in [5.41, 5.74) is 5.75. The van der Waals surface area contributed by atoms with Gasteiger partial charge in [0.05, 0.1) is 0 Å². The maximum atomic E-state index is 8.53. The molecule has 0 amide bonds. The molecule has 0 saturated carbocycles. The number of aromatic nitrogens is 2. The Bertz CT molecular complexity index is 341. The van der Waals surface area contributed by atoms with Gasteiger partial charge < -0.3 is 10.6 Å². The zero-order valence-electron chi connectivity index (χ0n) is 6.97. The number of anilines is 1. The van der Waals surface area contributed by atoms with Gasteiger partial charge in [-0.3, -0.25) is 0 Å². The van der Waals surface area contributed by atoms with Crippen molar-refractivity contribution in [3.63, 3.8) is 0 Å². The first-order valence-electron chi connectivity index (χ1n) is 4.04. The second-order valence-electron chi connectivity index (χ2n) is 3.01. The summed E-state index contributed by atoms with van der Waals surface area (Å²) < 4.78 is 3.89. The van der Waals surface area contributed by atoms with Crippen LogP contribution >= 0.6 is 11.5 Å². The van der Waals surface area contributed by atoms with Gasteiger partial charge in [0.25, 0.3) is 0 Å². The van der Waals surface area contributed by atoms with Crippen LogP contribution in [-0.4, -0.2) is 28.5 Å². The molecule has 1 aliphatic rings. The Morgan fingerprint density at radius 3 is 3.08 bits per heavy atom. The fourth-order valence-corrected chi connectivity index (χ4v) is 2.01. The third-order valence-electron chi connectivity index (χ3n) is 2.01. The highest BCUT2D eigenvalue weighted by molar-refractivity contribution is 7.09. The van der Waals surface area contributed by atoms with Crippen molar-refractivity contribution in [1.29, 1.82) is 5.26 Å². The molecule has 13 heavy (non-hydrogen) atoms. The Morgan fingerprint density at radius 1 is 1.69 bits per heavy atom. The van der Waals surface area contributed by atoms with E-state index in [1.54, 1.807) is 0 Å². The molecule has 0 spiro atoms. The minimum absolute atomic E-state index is 0.231. The van der Waals surface area contributed by atoms with E-state index < -0.39 is 0 Å². The zero-order chi connectivity index (χ0) is 9.26. The molecule has 2 N–H and O–H groups in total. The Kier molecular flexibility index (Phi) is 2.12. The number of rotatable bonds is 1. The van der Waals surface area contributed by atoms with Crippen LogP contribution in [0.1, 0.15) is 12.2 Å². The summed E-state index contributed by atoms with van der Waals surface area (Å²) in [4.78, 5) is 6.13. The van der Waals surface area contributed by atoms with Gasteiger partial charge in [0, 0.05) is 30.7 Å². The van der Waals surface area contributed by atoms with Crippen molar-refractivity contribution in [3.05, 3.63) is 5.82 Å². The molecule has 1 aliphatic heterocycles. The summed E-state index contributed by atoms with van der Waals surface area (Å²) in [5, 5.41) is 9.34. The van der Waals surface area contributed by atoms with Gasteiger partial charge in [-0.1, -0.05) is 0 Å². The van der Waals surface area contributed by atoms with E-state index >= 15 is 0 Å². The van der Waals surface area contributed by atoms with Crippen LogP contribution in [-0.2, 0) is 0 Å². The normalized spacial score (nSPS) is 21.8. The molecular weight excluding hydrogens is 186 g/mol. The summed E-state index contributed by atoms with van der Waals surface area (Å²) in [6.45, 7) is 1.74. The summed E-state index contributed by atoms with van der Waals surface area (Å²) in [6.07, 6.45) is 0.988.